The summed E-state index contributed by atoms with van der Waals surface area (Å²) in [6, 6.07) is 0. The molecule has 0 atom stereocenters. The Labute approximate surface area is 176 Å². The second-order valence-corrected chi connectivity index (χ2v) is 7.20. The lowest BCUT2D eigenvalue weighted by Gasteiger charge is -2.06. The van der Waals surface area contributed by atoms with Crippen molar-refractivity contribution in [2.24, 2.45) is 0 Å². The first-order valence-corrected chi connectivity index (χ1v) is 11.2. The summed E-state index contributed by atoms with van der Waals surface area (Å²) in [5.41, 5.74) is 0. The van der Waals surface area contributed by atoms with Gasteiger partial charge in [0.1, 0.15) is 6.42 Å². The van der Waals surface area contributed by atoms with Crippen LogP contribution in [0.3, 0.4) is 0 Å². The van der Waals surface area contributed by atoms with Gasteiger partial charge in [0.15, 0.2) is 0 Å². The third kappa shape index (κ3) is 17.6. The van der Waals surface area contributed by atoms with E-state index in [4.69, 9.17) is 0 Å². The number of carbonyl (C=O) groups is 4. The van der Waals surface area contributed by atoms with E-state index in [1.165, 1.54) is 35.0 Å². The number of esters is 4. The molecule has 0 aliphatic rings. The molecule has 0 heterocycles. The van der Waals surface area contributed by atoms with Gasteiger partial charge in [0, 0.05) is 23.7 Å². The van der Waals surface area contributed by atoms with Gasteiger partial charge in [-0.05, 0) is 29.4 Å². The summed E-state index contributed by atoms with van der Waals surface area (Å²) in [7, 11) is 0. The summed E-state index contributed by atoms with van der Waals surface area (Å²) in [5.74, 6) is -1.49. The molecule has 0 fully saturated rings. The van der Waals surface area contributed by atoms with E-state index in [0.717, 1.165) is 17.6 Å². The maximum atomic E-state index is 11.4. The van der Waals surface area contributed by atoms with Gasteiger partial charge in [0.25, 0.3) is 0 Å². The lowest BCUT2D eigenvalue weighted by atomic mass is 10.4. The molecule has 0 amide bonds. The Morgan fingerprint density at radius 2 is 1.25 bits per heavy atom. The van der Waals surface area contributed by atoms with Crippen molar-refractivity contribution in [3.63, 3.8) is 0 Å². The minimum absolute atomic E-state index is 0.617. The number of ether oxygens (including phenoxy) is 4. The van der Waals surface area contributed by atoms with Gasteiger partial charge in [0.2, 0.25) is 13.6 Å². The summed E-state index contributed by atoms with van der Waals surface area (Å²) in [5, 5.41) is 5.08. The lowest BCUT2D eigenvalue weighted by Crippen LogP contribution is -2.18. The summed E-state index contributed by atoms with van der Waals surface area (Å²) < 4.78 is 18.3. The minimum Gasteiger partial charge on any atom is -0.427 e. The van der Waals surface area contributed by atoms with Crippen LogP contribution in [-0.2, 0) is 38.1 Å². The standard InChI is InChI=1S/C17H22O8S3/c1-3-6-27-9-10-28-8-5-15(19)23-13-25-17(21)11-16(20)24-12-22-14(18)4-7-26-2/h3-8H,9-13H2,1-2H3/b6-3?,7-4?,8-5+. The van der Waals surface area contributed by atoms with Gasteiger partial charge in [-0.1, -0.05) is 6.08 Å². The number of thioether (sulfide) groups is 3. The first-order valence-electron chi connectivity index (χ1n) is 7.84. The monoisotopic (exact) mass is 450 g/mol. The Hall–Kier alpha value is -1.85. The van der Waals surface area contributed by atoms with E-state index >= 15 is 0 Å². The van der Waals surface area contributed by atoms with Crippen molar-refractivity contribution in [2.75, 3.05) is 31.3 Å². The molecular formula is C17H22O8S3. The van der Waals surface area contributed by atoms with Crippen LogP contribution >= 0.6 is 35.3 Å². The van der Waals surface area contributed by atoms with Crippen LogP contribution in [0.25, 0.3) is 0 Å². The molecule has 0 saturated heterocycles. The van der Waals surface area contributed by atoms with Crippen LogP contribution in [0.15, 0.2) is 34.5 Å². The fraction of sp³-hybridized carbons (Fsp3) is 0.412. The highest BCUT2D eigenvalue weighted by atomic mass is 32.2. The Balaban J connectivity index is 3.76. The normalized spacial score (nSPS) is 11.1. The van der Waals surface area contributed by atoms with Crippen molar-refractivity contribution >= 4 is 59.2 Å². The summed E-state index contributed by atoms with van der Waals surface area (Å²) in [6.45, 7) is 0.703. The Kier molecular flexibility index (Phi) is 17.3. The van der Waals surface area contributed by atoms with Crippen LogP contribution in [0.4, 0.5) is 0 Å². The first-order chi connectivity index (χ1) is 13.5. The largest absolute Gasteiger partial charge is 0.427 e. The molecule has 0 spiro atoms. The van der Waals surface area contributed by atoms with E-state index in [0.29, 0.717) is 0 Å². The fourth-order valence-electron chi connectivity index (χ4n) is 1.18. The van der Waals surface area contributed by atoms with Crippen molar-refractivity contribution < 1.29 is 38.1 Å². The van der Waals surface area contributed by atoms with Crippen LogP contribution in [0.5, 0.6) is 0 Å². The Bertz CT molecular complexity index is 587. The smallest absolute Gasteiger partial charge is 0.334 e. The summed E-state index contributed by atoms with van der Waals surface area (Å²) >= 11 is 4.42. The lowest BCUT2D eigenvalue weighted by molar-refractivity contribution is -0.171. The van der Waals surface area contributed by atoms with Crippen molar-refractivity contribution in [1.82, 2.24) is 0 Å². The van der Waals surface area contributed by atoms with E-state index < -0.39 is 43.9 Å². The topological polar surface area (TPSA) is 105 Å². The average molecular weight is 451 g/mol. The molecule has 0 aromatic heterocycles. The Morgan fingerprint density at radius 1 is 0.750 bits per heavy atom. The first kappa shape index (κ1) is 26.1. The molecule has 11 heteroatoms. The number of hydrogen-bond acceptors (Lipinski definition) is 11. The number of rotatable bonds is 14. The highest BCUT2D eigenvalue weighted by molar-refractivity contribution is 8.05. The van der Waals surface area contributed by atoms with E-state index in [-0.39, 0.29) is 0 Å². The minimum atomic E-state index is -0.940. The van der Waals surface area contributed by atoms with E-state index in [9.17, 15) is 19.2 Å². The zero-order valence-electron chi connectivity index (χ0n) is 15.5. The number of allylic oxidation sites excluding steroid dienone is 1. The third-order valence-corrected chi connectivity index (χ3v) is 4.66. The molecule has 8 nitrogen and oxygen atoms in total. The van der Waals surface area contributed by atoms with Crippen LogP contribution in [0.1, 0.15) is 13.3 Å². The van der Waals surface area contributed by atoms with Crippen LogP contribution in [0, 0.1) is 0 Å². The molecule has 0 aliphatic carbocycles. The molecular weight excluding hydrogens is 428 g/mol. The Morgan fingerprint density at radius 3 is 1.75 bits per heavy atom. The molecule has 0 bridgehead atoms. The van der Waals surface area contributed by atoms with Gasteiger partial charge < -0.3 is 18.9 Å². The quantitative estimate of drug-likeness (QED) is 0.128. The van der Waals surface area contributed by atoms with Gasteiger partial charge in [-0.2, -0.15) is 0 Å². The summed E-state index contributed by atoms with van der Waals surface area (Å²) in [4.78, 5) is 45.2. The van der Waals surface area contributed by atoms with Crippen LogP contribution in [0.2, 0.25) is 0 Å². The molecule has 0 aromatic carbocycles. The highest BCUT2D eigenvalue weighted by Crippen LogP contribution is 2.09. The van der Waals surface area contributed by atoms with Gasteiger partial charge in [-0.15, -0.1) is 35.3 Å². The average Bonchev–Trinajstić information content (AvgIpc) is 2.65. The maximum Gasteiger partial charge on any atom is 0.334 e. The van der Waals surface area contributed by atoms with Gasteiger partial charge in [-0.25, -0.2) is 9.59 Å². The zero-order valence-corrected chi connectivity index (χ0v) is 17.9. The number of hydrogen-bond donors (Lipinski definition) is 0. The van der Waals surface area contributed by atoms with Crippen molar-refractivity contribution in [3.8, 4) is 0 Å². The maximum absolute atomic E-state index is 11.4. The van der Waals surface area contributed by atoms with Gasteiger partial charge >= 0.3 is 23.9 Å². The molecule has 28 heavy (non-hydrogen) atoms. The van der Waals surface area contributed by atoms with Crippen LogP contribution < -0.4 is 0 Å². The molecule has 0 N–H and O–H groups in total. The molecule has 0 saturated carbocycles. The molecule has 156 valence electrons. The van der Waals surface area contributed by atoms with E-state index in [1.807, 2.05) is 18.4 Å². The molecule has 0 unspecified atom stereocenters. The van der Waals surface area contributed by atoms with Gasteiger partial charge in [0.05, 0.1) is 0 Å². The number of carbonyl (C=O) groups excluding carboxylic acids is 4. The third-order valence-electron chi connectivity index (χ3n) is 2.32. The second-order valence-electron chi connectivity index (χ2n) is 4.42. The second kappa shape index (κ2) is 18.5. The van der Waals surface area contributed by atoms with E-state index in [2.05, 4.69) is 18.9 Å². The molecule has 0 aromatic rings. The predicted molar refractivity (Wildman–Crippen MR) is 110 cm³/mol. The zero-order chi connectivity index (χ0) is 21.0. The van der Waals surface area contributed by atoms with Crippen LogP contribution in [-0.4, -0.2) is 55.2 Å². The van der Waals surface area contributed by atoms with Crippen molar-refractivity contribution in [1.29, 1.82) is 0 Å². The molecule has 0 aliphatic heterocycles. The molecule has 0 rings (SSSR count). The summed E-state index contributed by atoms with van der Waals surface area (Å²) in [6.07, 6.45) is 5.38. The molecule has 0 radical (unpaired) electrons. The highest BCUT2D eigenvalue weighted by Gasteiger charge is 2.13. The van der Waals surface area contributed by atoms with E-state index in [1.54, 1.807) is 23.4 Å². The van der Waals surface area contributed by atoms with Gasteiger partial charge in [-0.3, -0.25) is 9.59 Å². The van der Waals surface area contributed by atoms with Crippen molar-refractivity contribution in [2.45, 2.75) is 13.3 Å². The predicted octanol–water partition coefficient (Wildman–Crippen LogP) is 2.85. The SMILES string of the molecule is CC=CSCCS/C=C/C(=O)OCOC(=O)CC(=O)OCOC(=O)C=CSC. The fourth-order valence-corrected chi connectivity index (χ4v) is 2.87. The van der Waals surface area contributed by atoms with Crippen molar-refractivity contribution in [3.05, 3.63) is 34.5 Å².